The van der Waals surface area contributed by atoms with Crippen molar-refractivity contribution in [3.05, 3.63) is 51.5 Å². The first kappa shape index (κ1) is 15.7. The topological polar surface area (TPSA) is 76.4 Å². The minimum atomic E-state index is -0.947. The summed E-state index contributed by atoms with van der Waals surface area (Å²) < 4.78 is 16.4. The fraction of sp³-hybridized carbons (Fsp3) is 0.0667. The van der Waals surface area contributed by atoms with Gasteiger partial charge in [-0.3, -0.25) is 4.89 Å². The fourth-order valence-electron chi connectivity index (χ4n) is 2.38. The van der Waals surface area contributed by atoms with Crippen molar-refractivity contribution in [2.24, 2.45) is 7.05 Å². The van der Waals surface area contributed by atoms with Gasteiger partial charge in [0.15, 0.2) is 0 Å². The molecule has 2 N–H and O–H groups in total. The van der Waals surface area contributed by atoms with E-state index in [1.807, 2.05) is 22.6 Å². The van der Waals surface area contributed by atoms with Crippen LogP contribution in [0.2, 0.25) is 0 Å². The molecule has 2 aromatic heterocycles. The molecule has 0 fully saturated rings. The predicted molar refractivity (Wildman–Crippen MR) is 91.2 cm³/mol. The second-order valence-electron chi connectivity index (χ2n) is 4.79. The van der Waals surface area contributed by atoms with Gasteiger partial charge < -0.3 is 9.88 Å². The minimum Gasteiger partial charge on any atom is -0.338 e. The first-order valence-electron chi connectivity index (χ1n) is 6.54. The van der Waals surface area contributed by atoms with Gasteiger partial charge in [-0.25, -0.2) is 14.2 Å². The molecule has 1 aromatic carbocycles. The number of anilines is 2. The number of pyridine rings is 1. The van der Waals surface area contributed by atoms with Gasteiger partial charge in [0.05, 0.1) is 5.69 Å². The molecule has 0 saturated heterocycles. The Morgan fingerprint density at radius 3 is 2.91 bits per heavy atom. The Hall–Kier alpha value is -2.20. The summed E-state index contributed by atoms with van der Waals surface area (Å²) in [5, 5.41) is 12.1. The molecule has 6 nitrogen and oxygen atoms in total. The molecule has 2 heterocycles. The number of nitrogens with one attached hydrogen (secondary N) is 1. The van der Waals surface area contributed by atoms with Gasteiger partial charge in [-0.15, -0.1) is 0 Å². The second-order valence-corrected chi connectivity index (χ2v) is 6.03. The molecule has 3 rings (SSSR count). The van der Waals surface area contributed by atoms with Crippen LogP contribution in [0.3, 0.4) is 0 Å². The van der Waals surface area contributed by atoms with Crippen LogP contribution in [-0.2, 0) is 11.9 Å². The molecule has 0 bridgehead atoms. The molecule has 0 radical (unpaired) electrons. The van der Waals surface area contributed by atoms with Crippen LogP contribution in [0, 0.1) is 9.39 Å². The highest BCUT2D eigenvalue weighted by Gasteiger charge is 2.24. The van der Waals surface area contributed by atoms with Crippen molar-refractivity contribution in [3.63, 3.8) is 0 Å². The highest BCUT2D eigenvalue weighted by Crippen LogP contribution is 2.32. The van der Waals surface area contributed by atoms with E-state index in [9.17, 15) is 9.18 Å². The summed E-state index contributed by atoms with van der Waals surface area (Å²) in [6.45, 7) is 0. The number of aromatic nitrogens is 2. The molecule has 0 saturated carbocycles. The van der Waals surface area contributed by atoms with Crippen molar-refractivity contribution in [2.75, 3.05) is 5.32 Å². The number of fused-ring (bicyclic) bond motifs is 1. The van der Waals surface area contributed by atoms with Gasteiger partial charge in [0, 0.05) is 22.2 Å². The summed E-state index contributed by atoms with van der Waals surface area (Å²) in [7, 11) is 1.68. The molecule has 3 aromatic rings. The zero-order valence-electron chi connectivity index (χ0n) is 11.9. The van der Waals surface area contributed by atoms with Crippen molar-refractivity contribution >= 4 is 51.1 Å². The van der Waals surface area contributed by atoms with Gasteiger partial charge in [0.1, 0.15) is 22.8 Å². The fourth-order valence-corrected chi connectivity index (χ4v) is 2.83. The Morgan fingerprint density at radius 2 is 2.22 bits per heavy atom. The van der Waals surface area contributed by atoms with Crippen LogP contribution < -0.4 is 5.32 Å². The molecular weight excluding hydrogens is 416 g/mol. The summed E-state index contributed by atoms with van der Waals surface area (Å²) >= 11 is 2.00. The number of benzene rings is 1. The lowest BCUT2D eigenvalue weighted by atomic mass is 10.2. The zero-order valence-corrected chi connectivity index (χ0v) is 14.0. The van der Waals surface area contributed by atoms with Crippen LogP contribution in [0.4, 0.5) is 15.9 Å². The first-order valence-corrected chi connectivity index (χ1v) is 7.62. The average molecular weight is 427 g/mol. The van der Waals surface area contributed by atoms with E-state index < -0.39 is 11.8 Å². The summed E-state index contributed by atoms with van der Waals surface area (Å²) in [6, 6.07) is 8.00. The van der Waals surface area contributed by atoms with Crippen LogP contribution in [0.5, 0.6) is 0 Å². The van der Waals surface area contributed by atoms with Gasteiger partial charge in [-0.2, -0.15) is 5.26 Å². The Labute approximate surface area is 144 Å². The third kappa shape index (κ3) is 2.75. The summed E-state index contributed by atoms with van der Waals surface area (Å²) in [5.41, 5.74) is 0.778. The Bertz CT molecular complexity index is 910. The molecule has 0 spiro atoms. The number of hydrogen-bond acceptors (Lipinski definition) is 5. The number of carbonyl (C=O) groups excluding carboxylic acids is 1. The van der Waals surface area contributed by atoms with E-state index in [0.29, 0.717) is 11.0 Å². The van der Waals surface area contributed by atoms with Crippen molar-refractivity contribution in [1.29, 1.82) is 0 Å². The van der Waals surface area contributed by atoms with Gasteiger partial charge in [0.2, 0.25) is 0 Å². The zero-order chi connectivity index (χ0) is 16.6. The Morgan fingerprint density at radius 1 is 1.43 bits per heavy atom. The number of aryl methyl sites for hydroxylation is 1. The standard InChI is InChI=1S/C15H11FIN3O3/c1-20-13-9(3-2-6-18-13)12(15(21)23-22)14(20)19-11-5-4-8(17)7-10(11)16/h2-7,19,22H,1H3. The molecule has 8 heteroatoms. The number of rotatable bonds is 3. The van der Waals surface area contributed by atoms with E-state index >= 15 is 0 Å². The maximum Gasteiger partial charge on any atom is 0.377 e. The van der Waals surface area contributed by atoms with Crippen molar-refractivity contribution in [2.45, 2.75) is 0 Å². The largest absolute Gasteiger partial charge is 0.377 e. The minimum absolute atomic E-state index is 0.0797. The lowest BCUT2D eigenvalue weighted by Gasteiger charge is -2.10. The number of hydrogen-bond donors (Lipinski definition) is 2. The van der Waals surface area contributed by atoms with Crippen LogP contribution in [-0.4, -0.2) is 20.8 Å². The summed E-state index contributed by atoms with van der Waals surface area (Å²) in [4.78, 5) is 20.0. The molecule has 0 aliphatic heterocycles. The second kappa shape index (κ2) is 6.13. The lowest BCUT2D eigenvalue weighted by molar-refractivity contribution is -0.182. The molecule has 0 amide bonds. The van der Waals surface area contributed by atoms with Gasteiger partial charge in [-0.1, -0.05) is 0 Å². The third-order valence-corrected chi connectivity index (χ3v) is 4.09. The smallest absolute Gasteiger partial charge is 0.338 e. The highest BCUT2D eigenvalue weighted by atomic mass is 127. The molecule has 0 unspecified atom stereocenters. The number of nitrogens with zero attached hydrogens (tertiary/aromatic N) is 2. The molecule has 23 heavy (non-hydrogen) atoms. The van der Waals surface area contributed by atoms with Crippen LogP contribution in [0.15, 0.2) is 36.5 Å². The maximum absolute atomic E-state index is 14.1. The molecule has 0 aliphatic carbocycles. The van der Waals surface area contributed by atoms with Crippen molar-refractivity contribution in [3.8, 4) is 0 Å². The average Bonchev–Trinajstić information content (AvgIpc) is 2.82. The van der Waals surface area contributed by atoms with E-state index in [1.54, 1.807) is 42.1 Å². The van der Waals surface area contributed by atoms with Crippen LogP contribution in [0.1, 0.15) is 10.4 Å². The summed E-state index contributed by atoms with van der Waals surface area (Å²) in [5.74, 6) is -1.13. The van der Waals surface area contributed by atoms with E-state index in [1.165, 1.54) is 6.07 Å². The van der Waals surface area contributed by atoms with Crippen molar-refractivity contribution in [1.82, 2.24) is 9.55 Å². The third-order valence-electron chi connectivity index (χ3n) is 3.42. The van der Waals surface area contributed by atoms with Crippen LogP contribution >= 0.6 is 22.6 Å². The van der Waals surface area contributed by atoms with Gasteiger partial charge in [0.25, 0.3) is 0 Å². The van der Waals surface area contributed by atoms with E-state index in [4.69, 9.17) is 5.26 Å². The van der Waals surface area contributed by atoms with E-state index in [2.05, 4.69) is 15.2 Å². The van der Waals surface area contributed by atoms with Gasteiger partial charge in [-0.05, 0) is 52.9 Å². The molecule has 0 aliphatic rings. The monoisotopic (exact) mass is 427 g/mol. The first-order chi connectivity index (χ1) is 11.0. The predicted octanol–water partition coefficient (Wildman–Crippen LogP) is 3.69. The molecule has 118 valence electrons. The van der Waals surface area contributed by atoms with Crippen LogP contribution in [0.25, 0.3) is 11.0 Å². The quantitative estimate of drug-likeness (QED) is 0.379. The normalized spacial score (nSPS) is 10.8. The van der Waals surface area contributed by atoms with E-state index in [-0.39, 0.29) is 17.1 Å². The SMILES string of the molecule is Cn1c(Nc2ccc(I)cc2F)c(C(=O)OO)c2cccnc21. The van der Waals surface area contributed by atoms with Crippen molar-refractivity contribution < 1.29 is 19.3 Å². The Balaban J connectivity index is 2.20. The lowest BCUT2D eigenvalue weighted by Crippen LogP contribution is -2.07. The maximum atomic E-state index is 14.1. The number of halogens is 2. The molecule has 0 atom stereocenters. The summed E-state index contributed by atoms with van der Waals surface area (Å²) in [6.07, 6.45) is 1.58. The highest BCUT2D eigenvalue weighted by molar-refractivity contribution is 14.1. The van der Waals surface area contributed by atoms with E-state index in [0.717, 1.165) is 3.57 Å². The Kier molecular flexibility index (Phi) is 4.18. The van der Waals surface area contributed by atoms with Gasteiger partial charge >= 0.3 is 5.97 Å². The molecular formula is C15H11FIN3O3. The number of carbonyl (C=O) groups is 1.